The maximum absolute atomic E-state index is 12.2. The summed E-state index contributed by atoms with van der Waals surface area (Å²) in [6, 6.07) is 11.4. The molecule has 2 aromatic rings. The molecule has 0 N–H and O–H groups in total. The Morgan fingerprint density at radius 2 is 1.90 bits per heavy atom. The van der Waals surface area contributed by atoms with Crippen LogP contribution in [0.25, 0.3) is 6.08 Å². The van der Waals surface area contributed by atoms with Gasteiger partial charge < -0.3 is 0 Å². The Morgan fingerprint density at radius 1 is 1.20 bits per heavy atom. The third-order valence-electron chi connectivity index (χ3n) is 3.00. The highest BCUT2D eigenvalue weighted by Gasteiger charge is 2.15. The highest BCUT2D eigenvalue weighted by Crippen LogP contribution is 2.19. The van der Waals surface area contributed by atoms with E-state index in [2.05, 4.69) is 0 Å². The van der Waals surface area contributed by atoms with Crippen LogP contribution >= 0.6 is 11.3 Å². The standard InChI is InChI=1S/C15H17NO2S2/c1-13-8-10-19-15(13)12-16(2)20(17,18)11-9-14-6-4-3-5-7-14/h3-11H,12H2,1-2H3/b11-9+. The van der Waals surface area contributed by atoms with Crippen LogP contribution in [0.5, 0.6) is 0 Å². The smallest absolute Gasteiger partial charge is 0.208 e. The van der Waals surface area contributed by atoms with Crippen LogP contribution in [0.15, 0.2) is 47.2 Å². The maximum atomic E-state index is 12.2. The Balaban J connectivity index is 2.10. The molecule has 20 heavy (non-hydrogen) atoms. The van der Waals surface area contributed by atoms with Gasteiger partial charge in [-0.1, -0.05) is 30.3 Å². The second-order valence-electron chi connectivity index (χ2n) is 4.54. The summed E-state index contributed by atoms with van der Waals surface area (Å²) < 4.78 is 25.7. The van der Waals surface area contributed by atoms with Crippen molar-refractivity contribution in [3.63, 3.8) is 0 Å². The van der Waals surface area contributed by atoms with E-state index in [1.54, 1.807) is 24.5 Å². The van der Waals surface area contributed by atoms with Crippen molar-refractivity contribution < 1.29 is 8.42 Å². The molecule has 0 atom stereocenters. The average molecular weight is 307 g/mol. The van der Waals surface area contributed by atoms with Crippen molar-refractivity contribution >= 4 is 27.4 Å². The molecule has 0 aliphatic heterocycles. The number of rotatable bonds is 5. The Labute approximate surface area is 124 Å². The molecular formula is C15H17NO2S2. The summed E-state index contributed by atoms with van der Waals surface area (Å²) in [6.45, 7) is 2.40. The summed E-state index contributed by atoms with van der Waals surface area (Å²) in [4.78, 5) is 1.07. The summed E-state index contributed by atoms with van der Waals surface area (Å²) >= 11 is 1.58. The van der Waals surface area contributed by atoms with E-state index in [-0.39, 0.29) is 0 Å². The number of aryl methyl sites for hydroxylation is 1. The van der Waals surface area contributed by atoms with Crippen molar-refractivity contribution in [2.75, 3.05) is 7.05 Å². The Morgan fingerprint density at radius 3 is 2.50 bits per heavy atom. The van der Waals surface area contributed by atoms with Crippen LogP contribution in [0.1, 0.15) is 16.0 Å². The first kappa shape index (κ1) is 15.0. The number of sulfonamides is 1. The Kier molecular flexibility index (Phi) is 4.75. The predicted molar refractivity (Wildman–Crippen MR) is 84.9 cm³/mol. The summed E-state index contributed by atoms with van der Waals surface area (Å²) in [5, 5.41) is 3.23. The Hall–Kier alpha value is -1.43. The van der Waals surface area contributed by atoms with Crippen molar-refractivity contribution in [2.45, 2.75) is 13.5 Å². The van der Waals surface area contributed by atoms with E-state index < -0.39 is 10.0 Å². The first-order chi connectivity index (χ1) is 9.49. The zero-order chi connectivity index (χ0) is 14.6. The molecule has 0 aliphatic carbocycles. The highest BCUT2D eigenvalue weighted by molar-refractivity contribution is 7.92. The third-order valence-corrected chi connectivity index (χ3v) is 5.49. The summed E-state index contributed by atoms with van der Waals surface area (Å²) in [5.74, 6) is 0. The topological polar surface area (TPSA) is 37.4 Å². The molecule has 2 rings (SSSR count). The summed E-state index contributed by atoms with van der Waals surface area (Å²) in [7, 11) is -1.79. The normalized spacial score (nSPS) is 12.3. The van der Waals surface area contributed by atoms with Crippen LogP contribution in [0.2, 0.25) is 0 Å². The van der Waals surface area contributed by atoms with Gasteiger partial charge in [0, 0.05) is 23.9 Å². The summed E-state index contributed by atoms with van der Waals surface area (Å²) in [5.41, 5.74) is 2.00. The fourth-order valence-corrected chi connectivity index (χ4v) is 3.58. The molecular weight excluding hydrogens is 290 g/mol. The molecule has 1 heterocycles. The van der Waals surface area contributed by atoms with Gasteiger partial charge in [-0.05, 0) is 35.6 Å². The van der Waals surface area contributed by atoms with Gasteiger partial charge in [0.05, 0.1) is 0 Å². The van der Waals surface area contributed by atoms with Crippen molar-refractivity contribution in [1.29, 1.82) is 0 Å². The summed E-state index contributed by atoms with van der Waals surface area (Å²) in [6.07, 6.45) is 1.62. The molecule has 0 unspecified atom stereocenters. The molecule has 0 aliphatic rings. The first-order valence-electron chi connectivity index (χ1n) is 6.21. The van der Waals surface area contributed by atoms with E-state index in [0.717, 1.165) is 16.0 Å². The highest BCUT2D eigenvalue weighted by atomic mass is 32.2. The van der Waals surface area contributed by atoms with Gasteiger partial charge in [-0.3, -0.25) is 0 Å². The van der Waals surface area contributed by atoms with Crippen molar-refractivity contribution in [2.24, 2.45) is 0 Å². The van der Waals surface area contributed by atoms with Crippen molar-refractivity contribution in [1.82, 2.24) is 4.31 Å². The van der Waals surface area contributed by atoms with E-state index >= 15 is 0 Å². The first-order valence-corrected chi connectivity index (χ1v) is 8.60. The van der Waals surface area contributed by atoms with Crippen LogP contribution in [-0.2, 0) is 16.6 Å². The number of thiophene rings is 1. The number of benzene rings is 1. The largest absolute Gasteiger partial charge is 0.236 e. The molecule has 0 radical (unpaired) electrons. The van der Waals surface area contributed by atoms with Gasteiger partial charge in [-0.25, -0.2) is 8.42 Å². The third kappa shape index (κ3) is 3.79. The van der Waals surface area contributed by atoms with Gasteiger partial charge in [0.2, 0.25) is 10.0 Å². The minimum atomic E-state index is -3.39. The van der Waals surface area contributed by atoms with Crippen molar-refractivity contribution in [3.8, 4) is 0 Å². The molecule has 0 spiro atoms. The van der Waals surface area contributed by atoms with E-state index in [9.17, 15) is 8.42 Å². The second-order valence-corrected chi connectivity index (χ2v) is 7.47. The Bertz CT molecular complexity index is 688. The molecule has 0 amide bonds. The number of hydrogen-bond donors (Lipinski definition) is 0. The quantitative estimate of drug-likeness (QED) is 0.848. The number of hydrogen-bond acceptors (Lipinski definition) is 3. The zero-order valence-corrected chi connectivity index (χ0v) is 13.1. The maximum Gasteiger partial charge on any atom is 0.236 e. The lowest BCUT2D eigenvalue weighted by molar-refractivity contribution is 0.478. The van der Waals surface area contributed by atoms with Crippen LogP contribution in [0.4, 0.5) is 0 Å². The van der Waals surface area contributed by atoms with Crippen LogP contribution in [0, 0.1) is 6.92 Å². The van der Waals surface area contributed by atoms with Crippen LogP contribution in [0.3, 0.4) is 0 Å². The van der Waals surface area contributed by atoms with Gasteiger partial charge >= 0.3 is 0 Å². The average Bonchev–Trinajstić information content (AvgIpc) is 2.83. The lowest BCUT2D eigenvalue weighted by Gasteiger charge is -2.14. The van der Waals surface area contributed by atoms with Gasteiger partial charge in [-0.2, -0.15) is 4.31 Å². The predicted octanol–water partition coefficient (Wildman–Crippen LogP) is 3.49. The molecule has 3 nitrogen and oxygen atoms in total. The van der Waals surface area contributed by atoms with Crippen LogP contribution < -0.4 is 0 Å². The molecule has 1 aromatic heterocycles. The van der Waals surface area contributed by atoms with E-state index in [1.807, 2.05) is 48.7 Å². The monoisotopic (exact) mass is 307 g/mol. The van der Waals surface area contributed by atoms with E-state index in [0.29, 0.717) is 6.54 Å². The van der Waals surface area contributed by atoms with Gasteiger partial charge in [-0.15, -0.1) is 11.3 Å². The SMILES string of the molecule is Cc1ccsc1CN(C)S(=O)(=O)/C=C/c1ccccc1. The lowest BCUT2D eigenvalue weighted by atomic mass is 10.2. The molecule has 0 fully saturated rings. The van der Waals surface area contributed by atoms with Gasteiger partial charge in [0.15, 0.2) is 0 Å². The van der Waals surface area contributed by atoms with Crippen molar-refractivity contribution in [3.05, 3.63) is 63.2 Å². The molecule has 1 aromatic carbocycles. The molecule has 0 saturated carbocycles. The fourth-order valence-electron chi connectivity index (χ4n) is 1.69. The number of nitrogens with zero attached hydrogens (tertiary/aromatic N) is 1. The van der Waals surface area contributed by atoms with Gasteiger partial charge in [0.25, 0.3) is 0 Å². The zero-order valence-electron chi connectivity index (χ0n) is 11.5. The molecule has 5 heteroatoms. The minimum absolute atomic E-state index is 0.408. The fraction of sp³-hybridized carbons (Fsp3) is 0.200. The lowest BCUT2D eigenvalue weighted by Crippen LogP contribution is -2.24. The second kappa shape index (κ2) is 6.35. The van der Waals surface area contributed by atoms with E-state index in [1.165, 1.54) is 9.71 Å². The van der Waals surface area contributed by atoms with Gasteiger partial charge in [0.1, 0.15) is 0 Å². The van der Waals surface area contributed by atoms with Crippen LogP contribution in [-0.4, -0.2) is 19.8 Å². The minimum Gasteiger partial charge on any atom is -0.208 e. The van der Waals surface area contributed by atoms with E-state index in [4.69, 9.17) is 0 Å². The molecule has 106 valence electrons. The molecule has 0 bridgehead atoms. The molecule has 0 saturated heterocycles.